The standard InChI is InChI=1S/C24H20N2O5S/c1-14-6-11-32-23(14)20-19(21(27)16-2-3-17-18(12-16)31-10-9-30-17)22(28)24(29)26(20)13-15-4-7-25-8-5-15/h2-8,11-12,20,27H,9-10,13H2,1H3/b21-19-. The summed E-state index contributed by atoms with van der Waals surface area (Å²) in [5.41, 5.74) is 2.27. The van der Waals surface area contributed by atoms with Gasteiger partial charge in [0.05, 0.1) is 5.57 Å². The molecule has 1 N–H and O–H groups in total. The van der Waals surface area contributed by atoms with E-state index in [1.165, 1.54) is 16.2 Å². The van der Waals surface area contributed by atoms with Crippen molar-refractivity contribution in [1.82, 2.24) is 9.88 Å². The average Bonchev–Trinajstić information content (AvgIpc) is 3.34. The largest absolute Gasteiger partial charge is 0.507 e. The highest BCUT2D eigenvalue weighted by Gasteiger charge is 2.47. The van der Waals surface area contributed by atoms with Gasteiger partial charge >= 0.3 is 0 Å². The molecule has 1 saturated heterocycles. The van der Waals surface area contributed by atoms with Crippen LogP contribution in [0.1, 0.15) is 27.6 Å². The van der Waals surface area contributed by atoms with E-state index in [9.17, 15) is 14.7 Å². The van der Waals surface area contributed by atoms with Crippen LogP contribution in [0.2, 0.25) is 0 Å². The summed E-state index contributed by atoms with van der Waals surface area (Å²) in [4.78, 5) is 32.6. The minimum Gasteiger partial charge on any atom is -0.507 e. The molecule has 2 aliphatic rings. The Morgan fingerprint density at radius 2 is 1.88 bits per heavy atom. The molecule has 0 spiro atoms. The van der Waals surface area contributed by atoms with Crippen molar-refractivity contribution >= 4 is 28.8 Å². The minimum absolute atomic E-state index is 0.0753. The molecule has 0 saturated carbocycles. The maximum Gasteiger partial charge on any atom is 0.295 e. The number of Topliss-reactive ketones (excluding diaryl/α,β-unsaturated/α-hetero) is 1. The molecule has 162 valence electrons. The predicted molar refractivity (Wildman–Crippen MR) is 119 cm³/mol. The summed E-state index contributed by atoms with van der Waals surface area (Å²) in [6.07, 6.45) is 3.29. The average molecular weight is 449 g/mol. The lowest BCUT2D eigenvalue weighted by Crippen LogP contribution is -2.29. The number of ether oxygens (including phenoxy) is 2. The van der Waals surface area contributed by atoms with Crippen LogP contribution in [-0.4, -0.2) is 39.9 Å². The fraction of sp³-hybridized carbons (Fsp3) is 0.208. The van der Waals surface area contributed by atoms with Gasteiger partial charge in [-0.25, -0.2) is 0 Å². The molecule has 0 radical (unpaired) electrons. The summed E-state index contributed by atoms with van der Waals surface area (Å²) in [6, 6.07) is 9.86. The van der Waals surface area contributed by atoms with E-state index in [0.717, 1.165) is 16.0 Å². The number of likely N-dealkylation sites (tertiary alicyclic amines) is 1. The number of aromatic nitrogens is 1. The SMILES string of the molecule is Cc1ccsc1C1/C(=C(/O)c2ccc3c(c2)OCCO3)C(=O)C(=O)N1Cc1ccncc1. The van der Waals surface area contributed by atoms with Crippen molar-refractivity contribution in [3.63, 3.8) is 0 Å². The lowest BCUT2D eigenvalue weighted by molar-refractivity contribution is -0.140. The third-order valence-corrected chi connectivity index (χ3v) is 6.68. The monoisotopic (exact) mass is 448 g/mol. The number of carbonyl (C=O) groups excluding carboxylic acids is 2. The van der Waals surface area contributed by atoms with Gasteiger partial charge in [0.2, 0.25) is 0 Å². The first-order chi connectivity index (χ1) is 15.5. The number of ketones is 1. The highest BCUT2D eigenvalue weighted by atomic mass is 32.1. The van der Waals surface area contributed by atoms with E-state index in [2.05, 4.69) is 4.98 Å². The van der Waals surface area contributed by atoms with Gasteiger partial charge in [0, 0.05) is 29.4 Å². The van der Waals surface area contributed by atoms with Gasteiger partial charge in [0.1, 0.15) is 25.0 Å². The van der Waals surface area contributed by atoms with Crippen molar-refractivity contribution in [2.45, 2.75) is 19.5 Å². The number of benzene rings is 1. The number of amides is 1. The molecule has 5 rings (SSSR count). The smallest absolute Gasteiger partial charge is 0.295 e. The molecule has 8 heteroatoms. The molecule has 0 aliphatic carbocycles. The highest BCUT2D eigenvalue weighted by Crippen LogP contribution is 2.44. The van der Waals surface area contributed by atoms with E-state index < -0.39 is 17.7 Å². The van der Waals surface area contributed by atoms with Crippen molar-refractivity contribution in [3.8, 4) is 11.5 Å². The topological polar surface area (TPSA) is 89.0 Å². The molecule has 32 heavy (non-hydrogen) atoms. The number of aliphatic hydroxyl groups is 1. The molecule has 1 amide bonds. The first-order valence-electron chi connectivity index (χ1n) is 10.2. The van der Waals surface area contributed by atoms with Crippen LogP contribution in [0.25, 0.3) is 5.76 Å². The minimum atomic E-state index is -0.704. The number of fused-ring (bicyclic) bond motifs is 1. The molecular formula is C24H20N2O5S. The first-order valence-corrected chi connectivity index (χ1v) is 11.0. The maximum absolute atomic E-state index is 13.2. The Labute approximate surface area is 188 Å². The third-order valence-electron chi connectivity index (χ3n) is 5.61. The van der Waals surface area contributed by atoms with E-state index in [-0.39, 0.29) is 17.9 Å². The van der Waals surface area contributed by atoms with Crippen molar-refractivity contribution in [3.05, 3.63) is 81.3 Å². The summed E-state index contributed by atoms with van der Waals surface area (Å²) in [7, 11) is 0. The van der Waals surface area contributed by atoms with Crippen molar-refractivity contribution < 1.29 is 24.2 Å². The van der Waals surface area contributed by atoms with E-state index in [4.69, 9.17) is 9.47 Å². The first kappa shape index (κ1) is 20.3. The molecule has 2 aromatic heterocycles. The fourth-order valence-corrected chi connectivity index (χ4v) is 5.06. The number of carbonyl (C=O) groups is 2. The Balaban J connectivity index is 1.63. The molecule has 4 heterocycles. The second kappa shape index (κ2) is 8.12. The summed E-state index contributed by atoms with van der Waals surface area (Å²) in [5, 5.41) is 13.2. The lowest BCUT2D eigenvalue weighted by atomic mass is 9.98. The third kappa shape index (κ3) is 3.42. The number of hydrogen-bond acceptors (Lipinski definition) is 7. The van der Waals surface area contributed by atoms with Crippen LogP contribution in [0.5, 0.6) is 11.5 Å². The maximum atomic E-state index is 13.2. The van der Waals surface area contributed by atoms with Gasteiger partial charge in [0.25, 0.3) is 11.7 Å². The second-order valence-electron chi connectivity index (χ2n) is 7.61. The van der Waals surface area contributed by atoms with Gasteiger partial charge in [-0.1, -0.05) is 0 Å². The number of pyridine rings is 1. The molecule has 1 fully saturated rings. The molecule has 0 bridgehead atoms. The van der Waals surface area contributed by atoms with Gasteiger partial charge in [-0.3, -0.25) is 14.6 Å². The van der Waals surface area contributed by atoms with Crippen LogP contribution in [0.15, 0.2) is 59.7 Å². The number of nitrogens with zero attached hydrogens (tertiary/aromatic N) is 2. The normalized spacial score (nSPS) is 19.4. The molecule has 7 nitrogen and oxygen atoms in total. The van der Waals surface area contributed by atoms with Crippen molar-refractivity contribution in [2.75, 3.05) is 13.2 Å². The van der Waals surface area contributed by atoms with Gasteiger partial charge in [-0.15, -0.1) is 11.3 Å². The Hall–Kier alpha value is -3.65. The van der Waals surface area contributed by atoms with Crippen molar-refractivity contribution in [2.24, 2.45) is 0 Å². The van der Waals surface area contributed by atoms with Crippen LogP contribution in [-0.2, 0) is 16.1 Å². The van der Waals surface area contributed by atoms with Gasteiger partial charge in [0.15, 0.2) is 11.5 Å². The molecule has 1 unspecified atom stereocenters. The molecular weight excluding hydrogens is 428 g/mol. The lowest BCUT2D eigenvalue weighted by Gasteiger charge is -2.25. The quantitative estimate of drug-likeness (QED) is 0.371. The Kier molecular flexibility index (Phi) is 5.14. The van der Waals surface area contributed by atoms with Gasteiger partial charge < -0.3 is 19.5 Å². The van der Waals surface area contributed by atoms with E-state index in [1.54, 1.807) is 42.7 Å². The summed E-state index contributed by atoms with van der Waals surface area (Å²) >= 11 is 1.46. The molecule has 2 aliphatic heterocycles. The fourth-order valence-electron chi connectivity index (χ4n) is 4.01. The van der Waals surface area contributed by atoms with Crippen molar-refractivity contribution in [1.29, 1.82) is 0 Å². The number of hydrogen-bond donors (Lipinski definition) is 1. The van der Waals surface area contributed by atoms with E-state index in [1.807, 2.05) is 18.4 Å². The highest BCUT2D eigenvalue weighted by molar-refractivity contribution is 7.10. The van der Waals surface area contributed by atoms with E-state index >= 15 is 0 Å². The zero-order valence-electron chi connectivity index (χ0n) is 17.3. The molecule has 1 atom stereocenters. The van der Waals surface area contributed by atoms with Crippen LogP contribution in [0, 0.1) is 6.92 Å². The summed E-state index contributed by atoms with van der Waals surface area (Å²) < 4.78 is 11.2. The predicted octanol–water partition coefficient (Wildman–Crippen LogP) is 3.84. The number of aryl methyl sites for hydroxylation is 1. The molecule has 3 aromatic rings. The Bertz CT molecular complexity index is 1230. The zero-order valence-corrected chi connectivity index (χ0v) is 18.1. The molecule has 1 aromatic carbocycles. The Morgan fingerprint density at radius 3 is 2.59 bits per heavy atom. The second-order valence-corrected chi connectivity index (χ2v) is 8.56. The Morgan fingerprint density at radius 1 is 1.12 bits per heavy atom. The zero-order chi connectivity index (χ0) is 22.2. The number of rotatable bonds is 4. The van der Waals surface area contributed by atoms with Crippen LogP contribution in [0.4, 0.5) is 0 Å². The number of aliphatic hydroxyl groups excluding tert-OH is 1. The van der Waals surface area contributed by atoms with Crippen LogP contribution < -0.4 is 9.47 Å². The number of thiophene rings is 1. The van der Waals surface area contributed by atoms with Gasteiger partial charge in [-0.2, -0.15) is 0 Å². The van der Waals surface area contributed by atoms with Crippen LogP contribution in [0.3, 0.4) is 0 Å². The summed E-state index contributed by atoms with van der Waals surface area (Å²) in [6.45, 7) is 3.02. The van der Waals surface area contributed by atoms with Gasteiger partial charge in [-0.05, 0) is 59.8 Å². The summed E-state index contributed by atoms with van der Waals surface area (Å²) in [5.74, 6) is -0.495. The van der Waals surface area contributed by atoms with Crippen LogP contribution >= 0.6 is 11.3 Å². The van der Waals surface area contributed by atoms with E-state index in [0.29, 0.717) is 30.3 Å².